The third-order valence-corrected chi connectivity index (χ3v) is 4.17. The highest BCUT2D eigenvalue weighted by molar-refractivity contribution is 6.30. The first-order valence-electron chi connectivity index (χ1n) is 6.67. The minimum atomic E-state index is 0.272. The molecule has 0 radical (unpaired) electrons. The van der Waals surface area contributed by atoms with Crippen LogP contribution in [0.15, 0.2) is 24.3 Å². The maximum atomic E-state index is 9.26. The molecule has 0 heterocycles. The summed E-state index contributed by atoms with van der Waals surface area (Å²) in [5.74, 6) is 1.22. The van der Waals surface area contributed by atoms with Crippen molar-refractivity contribution < 1.29 is 5.11 Å². The minimum absolute atomic E-state index is 0.272. The van der Waals surface area contributed by atoms with Crippen LogP contribution in [0.1, 0.15) is 50.0 Å². The highest BCUT2D eigenvalue weighted by atomic mass is 35.5. The molecule has 1 nitrogen and oxygen atoms in total. The Morgan fingerprint density at radius 2 is 2.00 bits per heavy atom. The van der Waals surface area contributed by atoms with Crippen molar-refractivity contribution in [2.75, 3.05) is 6.61 Å². The molecule has 1 saturated carbocycles. The van der Waals surface area contributed by atoms with Crippen molar-refractivity contribution in [3.05, 3.63) is 34.9 Å². The topological polar surface area (TPSA) is 20.2 Å². The monoisotopic (exact) mass is 252 g/mol. The van der Waals surface area contributed by atoms with Crippen molar-refractivity contribution in [2.24, 2.45) is 5.92 Å². The molecule has 2 rings (SSSR count). The van der Waals surface area contributed by atoms with E-state index in [-0.39, 0.29) is 6.61 Å². The zero-order valence-corrected chi connectivity index (χ0v) is 11.0. The lowest BCUT2D eigenvalue weighted by Crippen LogP contribution is -2.17. The van der Waals surface area contributed by atoms with E-state index in [0.29, 0.717) is 5.92 Å². The molecule has 1 fully saturated rings. The second kappa shape index (κ2) is 6.42. The highest BCUT2D eigenvalue weighted by Crippen LogP contribution is 2.38. The summed E-state index contributed by atoms with van der Waals surface area (Å²) in [7, 11) is 0. The smallest absolute Gasteiger partial charge is 0.0436 e. The zero-order chi connectivity index (χ0) is 12.1. The highest BCUT2D eigenvalue weighted by Gasteiger charge is 2.24. The van der Waals surface area contributed by atoms with Crippen molar-refractivity contribution >= 4 is 11.6 Å². The Labute approximate surface area is 109 Å². The molecule has 1 unspecified atom stereocenters. The van der Waals surface area contributed by atoms with Gasteiger partial charge in [-0.25, -0.2) is 0 Å². The summed E-state index contributed by atoms with van der Waals surface area (Å²) in [4.78, 5) is 0. The molecule has 0 aromatic heterocycles. The van der Waals surface area contributed by atoms with Gasteiger partial charge in [0.25, 0.3) is 0 Å². The second-order valence-corrected chi connectivity index (χ2v) is 5.51. The molecule has 1 aromatic rings. The van der Waals surface area contributed by atoms with Crippen LogP contribution in [0, 0.1) is 5.92 Å². The fourth-order valence-corrected chi connectivity index (χ4v) is 3.29. The Hall–Kier alpha value is -0.530. The maximum Gasteiger partial charge on any atom is 0.0436 e. The summed E-state index contributed by atoms with van der Waals surface area (Å²) >= 11 is 6.07. The van der Waals surface area contributed by atoms with Crippen molar-refractivity contribution in [3.8, 4) is 0 Å². The number of halogens is 1. The molecule has 0 aliphatic heterocycles. The summed E-state index contributed by atoms with van der Waals surface area (Å²) in [5, 5.41) is 10.1. The van der Waals surface area contributed by atoms with Crippen LogP contribution in [0.25, 0.3) is 0 Å². The van der Waals surface area contributed by atoms with E-state index in [9.17, 15) is 5.11 Å². The first kappa shape index (κ1) is 12.9. The Kier molecular flexibility index (Phi) is 4.87. The van der Waals surface area contributed by atoms with Gasteiger partial charge in [-0.05, 0) is 48.8 Å². The summed E-state index contributed by atoms with van der Waals surface area (Å²) < 4.78 is 0. The molecule has 0 bridgehead atoms. The van der Waals surface area contributed by atoms with Gasteiger partial charge >= 0.3 is 0 Å². The van der Waals surface area contributed by atoms with E-state index in [0.717, 1.165) is 17.4 Å². The van der Waals surface area contributed by atoms with Crippen molar-refractivity contribution in [1.82, 2.24) is 0 Å². The van der Waals surface area contributed by atoms with E-state index in [2.05, 4.69) is 12.1 Å². The Morgan fingerprint density at radius 3 is 2.65 bits per heavy atom. The van der Waals surface area contributed by atoms with Crippen molar-refractivity contribution in [2.45, 2.75) is 44.4 Å². The van der Waals surface area contributed by atoms with E-state index in [1.54, 1.807) is 0 Å². The largest absolute Gasteiger partial charge is 0.396 e. The molecule has 2 heteroatoms. The molecule has 94 valence electrons. The van der Waals surface area contributed by atoms with E-state index in [1.807, 2.05) is 12.1 Å². The normalized spacial score (nSPS) is 19.2. The van der Waals surface area contributed by atoms with Gasteiger partial charge in [0, 0.05) is 11.6 Å². The average Bonchev–Trinajstić information content (AvgIpc) is 2.37. The lowest BCUT2D eigenvalue weighted by molar-refractivity contribution is 0.229. The lowest BCUT2D eigenvalue weighted by Gasteiger charge is -2.30. The van der Waals surface area contributed by atoms with Crippen LogP contribution in [0.5, 0.6) is 0 Å². The second-order valence-electron chi connectivity index (χ2n) is 5.07. The van der Waals surface area contributed by atoms with Crippen molar-refractivity contribution in [1.29, 1.82) is 0 Å². The fourth-order valence-electron chi connectivity index (χ4n) is 3.09. The first-order valence-corrected chi connectivity index (χ1v) is 7.05. The summed E-state index contributed by atoms with van der Waals surface area (Å²) in [5.41, 5.74) is 1.30. The van der Waals surface area contributed by atoms with Crippen LogP contribution in [0.4, 0.5) is 0 Å². The molecule has 1 aromatic carbocycles. The van der Waals surface area contributed by atoms with Crippen LogP contribution < -0.4 is 0 Å². The number of aliphatic hydroxyl groups is 1. The number of benzene rings is 1. The molecule has 1 aliphatic carbocycles. The molecule has 0 amide bonds. The molecule has 1 N–H and O–H groups in total. The van der Waals surface area contributed by atoms with Gasteiger partial charge < -0.3 is 5.11 Å². The third-order valence-electron chi connectivity index (χ3n) is 3.94. The Bertz CT molecular complexity index is 345. The average molecular weight is 253 g/mol. The summed E-state index contributed by atoms with van der Waals surface area (Å²) in [6, 6.07) is 8.16. The number of aliphatic hydroxyl groups excluding tert-OH is 1. The quantitative estimate of drug-likeness (QED) is 0.843. The molecule has 0 spiro atoms. The van der Waals surface area contributed by atoms with Gasteiger partial charge in [0.15, 0.2) is 0 Å². The van der Waals surface area contributed by atoms with Crippen LogP contribution in [0.3, 0.4) is 0 Å². The van der Waals surface area contributed by atoms with E-state index in [4.69, 9.17) is 11.6 Å². The van der Waals surface area contributed by atoms with Crippen LogP contribution in [-0.2, 0) is 0 Å². The SMILES string of the molecule is OCCC(c1cccc(Cl)c1)C1CCCCC1. The van der Waals surface area contributed by atoms with Crippen LogP contribution >= 0.6 is 11.6 Å². The van der Waals surface area contributed by atoms with Crippen LogP contribution in [-0.4, -0.2) is 11.7 Å². The standard InChI is InChI=1S/C15H21ClO/c16-14-8-4-7-13(11-14)15(9-10-17)12-5-2-1-3-6-12/h4,7-8,11-12,15,17H,1-3,5-6,9-10H2. The van der Waals surface area contributed by atoms with Gasteiger partial charge in [0.05, 0.1) is 0 Å². The Balaban J connectivity index is 2.15. The van der Waals surface area contributed by atoms with Gasteiger partial charge in [-0.2, -0.15) is 0 Å². The molecule has 1 atom stereocenters. The van der Waals surface area contributed by atoms with E-state index >= 15 is 0 Å². The van der Waals surface area contributed by atoms with E-state index < -0.39 is 0 Å². The third kappa shape index (κ3) is 3.46. The molecular weight excluding hydrogens is 232 g/mol. The first-order chi connectivity index (χ1) is 8.31. The minimum Gasteiger partial charge on any atom is -0.396 e. The predicted molar refractivity (Wildman–Crippen MR) is 72.5 cm³/mol. The zero-order valence-electron chi connectivity index (χ0n) is 10.2. The molecule has 0 saturated heterocycles. The van der Waals surface area contributed by atoms with Gasteiger partial charge in [-0.15, -0.1) is 0 Å². The van der Waals surface area contributed by atoms with E-state index in [1.165, 1.54) is 37.7 Å². The van der Waals surface area contributed by atoms with Gasteiger partial charge in [-0.1, -0.05) is 43.0 Å². The Morgan fingerprint density at radius 1 is 1.24 bits per heavy atom. The number of hydrogen-bond acceptors (Lipinski definition) is 1. The molecular formula is C15H21ClO. The van der Waals surface area contributed by atoms with Crippen molar-refractivity contribution in [3.63, 3.8) is 0 Å². The fraction of sp³-hybridized carbons (Fsp3) is 0.600. The summed E-state index contributed by atoms with van der Waals surface area (Å²) in [6.07, 6.45) is 7.53. The predicted octanol–water partition coefficient (Wildman–Crippen LogP) is 4.39. The number of rotatable bonds is 4. The molecule has 17 heavy (non-hydrogen) atoms. The van der Waals surface area contributed by atoms with Gasteiger partial charge in [0.1, 0.15) is 0 Å². The molecule has 1 aliphatic rings. The van der Waals surface area contributed by atoms with Gasteiger partial charge in [-0.3, -0.25) is 0 Å². The van der Waals surface area contributed by atoms with Crippen LogP contribution in [0.2, 0.25) is 5.02 Å². The maximum absolute atomic E-state index is 9.26. The number of hydrogen-bond donors (Lipinski definition) is 1. The lowest BCUT2D eigenvalue weighted by atomic mass is 9.75. The van der Waals surface area contributed by atoms with Gasteiger partial charge in [0.2, 0.25) is 0 Å². The summed E-state index contributed by atoms with van der Waals surface area (Å²) in [6.45, 7) is 0.272.